The molecular formula is C17H18N2O6. The highest BCUT2D eigenvalue weighted by Crippen LogP contribution is 2.29. The van der Waals surface area contributed by atoms with E-state index in [0.29, 0.717) is 43.4 Å². The molecule has 1 amide bonds. The maximum atomic E-state index is 12.1. The van der Waals surface area contributed by atoms with E-state index in [4.69, 9.17) is 24.6 Å². The van der Waals surface area contributed by atoms with E-state index >= 15 is 0 Å². The lowest BCUT2D eigenvalue weighted by molar-refractivity contribution is -0.137. The summed E-state index contributed by atoms with van der Waals surface area (Å²) in [6.45, 7) is 1.97. The summed E-state index contributed by atoms with van der Waals surface area (Å²) in [5.74, 6) is -0.758. The molecule has 2 rings (SSSR count). The van der Waals surface area contributed by atoms with Crippen molar-refractivity contribution in [2.75, 3.05) is 40.0 Å². The number of nitriles is 1. The summed E-state index contributed by atoms with van der Waals surface area (Å²) in [5.41, 5.74) is 0.0841. The number of carbonyl (C=O) groups excluding carboxylic acids is 1. The molecule has 0 saturated carbocycles. The Hall–Kier alpha value is -3.05. The molecule has 1 aromatic carbocycles. The Morgan fingerprint density at radius 2 is 2.08 bits per heavy atom. The number of amides is 1. The van der Waals surface area contributed by atoms with Crippen LogP contribution < -0.4 is 9.47 Å². The fourth-order valence-corrected chi connectivity index (χ4v) is 2.25. The first kappa shape index (κ1) is 18.3. The van der Waals surface area contributed by atoms with Crippen LogP contribution in [0.15, 0.2) is 23.8 Å². The average molecular weight is 346 g/mol. The standard InChI is InChI=1S/C17H18N2O6/c1-23-15-9-12(8-13(10-18)17(21)22)2-3-14(15)25-11-16(20)19-4-6-24-7-5-19/h2-3,8-9H,4-7,11H2,1H3,(H,21,22)/b13-8+. The summed E-state index contributed by atoms with van der Waals surface area (Å²) < 4.78 is 15.9. The number of methoxy groups -OCH3 is 1. The molecule has 0 spiro atoms. The minimum absolute atomic E-state index is 0.135. The van der Waals surface area contributed by atoms with Crippen molar-refractivity contribution in [1.82, 2.24) is 4.90 Å². The van der Waals surface area contributed by atoms with Gasteiger partial charge in [-0.3, -0.25) is 4.79 Å². The van der Waals surface area contributed by atoms with E-state index in [9.17, 15) is 9.59 Å². The first-order valence-electron chi connectivity index (χ1n) is 7.56. The number of nitrogens with zero attached hydrogens (tertiary/aromatic N) is 2. The Labute approximate surface area is 144 Å². The molecule has 1 saturated heterocycles. The summed E-state index contributed by atoms with van der Waals surface area (Å²) in [6.07, 6.45) is 1.23. The molecule has 1 heterocycles. The van der Waals surface area contributed by atoms with Crippen molar-refractivity contribution in [3.8, 4) is 17.6 Å². The number of carboxylic acids is 1. The molecule has 0 atom stereocenters. The summed E-state index contributed by atoms with van der Waals surface area (Å²) in [4.78, 5) is 24.6. The van der Waals surface area contributed by atoms with Crippen molar-refractivity contribution in [2.24, 2.45) is 0 Å². The maximum absolute atomic E-state index is 12.1. The quantitative estimate of drug-likeness (QED) is 0.602. The number of aliphatic carboxylic acids is 1. The number of hydrogen-bond donors (Lipinski definition) is 1. The monoisotopic (exact) mass is 346 g/mol. The van der Waals surface area contributed by atoms with Crippen LogP contribution in [0.4, 0.5) is 0 Å². The van der Waals surface area contributed by atoms with Crippen LogP contribution in [-0.2, 0) is 14.3 Å². The highest BCUT2D eigenvalue weighted by atomic mass is 16.5. The molecular weight excluding hydrogens is 328 g/mol. The third kappa shape index (κ3) is 4.96. The smallest absolute Gasteiger partial charge is 0.346 e. The molecule has 8 nitrogen and oxygen atoms in total. The zero-order chi connectivity index (χ0) is 18.2. The predicted molar refractivity (Wildman–Crippen MR) is 87.1 cm³/mol. The molecule has 0 aromatic heterocycles. The molecule has 0 aliphatic carbocycles. The van der Waals surface area contributed by atoms with Gasteiger partial charge < -0.3 is 24.2 Å². The lowest BCUT2D eigenvalue weighted by Crippen LogP contribution is -2.43. The molecule has 1 fully saturated rings. The van der Waals surface area contributed by atoms with Gasteiger partial charge in [0.25, 0.3) is 5.91 Å². The summed E-state index contributed by atoms with van der Waals surface area (Å²) >= 11 is 0. The van der Waals surface area contributed by atoms with Gasteiger partial charge in [-0.1, -0.05) is 6.07 Å². The Kier molecular flexibility index (Phi) is 6.37. The topological polar surface area (TPSA) is 109 Å². The van der Waals surface area contributed by atoms with Crippen LogP contribution in [-0.4, -0.2) is 61.9 Å². The lowest BCUT2D eigenvalue weighted by atomic mass is 10.1. The Balaban J connectivity index is 2.07. The molecule has 0 bridgehead atoms. The number of hydrogen-bond acceptors (Lipinski definition) is 6. The highest BCUT2D eigenvalue weighted by Gasteiger charge is 2.18. The summed E-state index contributed by atoms with van der Waals surface area (Å²) in [6, 6.07) is 6.29. The summed E-state index contributed by atoms with van der Waals surface area (Å²) in [5, 5.41) is 17.7. The highest BCUT2D eigenvalue weighted by molar-refractivity contribution is 5.96. The van der Waals surface area contributed by atoms with Gasteiger partial charge in [-0.25, -0.2) is 4.79 Å². The number of benzene rings is 1. The molecule has 0 unspecified atom stereocenters. The first-order valence-corrected chi connectivity index (χ1v) is 7.56. The molecule has 132 valence electrons. The zero-order valence-corrected chi connectivity index (χ0v) is 13.7. The largest absolute Gasteiger partial charge is 0.493 e. The number of ether oxygens (including phenoxy) is 3. The van der Waals surface area contributed by atoms with Gasteiger partial charge in [0.2, 0.25) is 0 Å². The van der Waals surface area contributed by atoms with Crippen LogP contribution in [0.2, 0.25) is 0 Å². The van der Waals surface area contributed by atoms with E-state index in [0.717, 1.165) is 0 Å². The Morgan fingerprint density at radius 1 is 1.36 bits per heavy atom. The van der Waals surface area contributed by atoms with Gasteiger partial charge in [0.1, 0.15) is 11.6 Å². The lowest BCUT2D eigenvalue weighted by Gasteiger charge is -2.26. The SMILES string of the molecule is COc1cc(/C=C(\C#N)C(=O)O)ccc1OCC(=O)N1CCOCC1. The van der Waals surface area contributed by atoms with E-state index < -0.39 is 11.5 Å². The normalized spacial score (nSPS) is 14.6. The van der Waals surface area contributed by atoms with Gasteiger partial charge in [-0.2, -0.15) is 5.26 Å². The van der Waals surface area contributed by atoms with Crippen molar-refractivity contribution in [3.63, 3.8) is 0 Å². The van der Waals surface area contributed by atoms with Gasteiger partial charge in [0.15, 0.2) is 18.1 Å². The van der Waals surface area contributed by atoms with Crippen LogP contribution >= 0.6 is 0 Å². The third-order valence-corrected chi connectivity index (χ3v) is 3.56. The second-order valence-electron chi connectivity index (χ2n) is 5.17. The molecule has 1 N–H and O–H groups in total. The van der Waals surface area contributed by atoms with Crippen molar-refractivity contribution in [3.05, 3.63) is 29.3 Å². The van der Waals surface area contributed by atoms with Crippen molar-refractivity contribution in [1.29, 1.82) is 5.26 Å². The minimum atomic E-state index is -1.31. The van der Waals surface area contributed by atoms with Gasteiger partial charge in [-0.15, -0.1) is 0 Å². The van der Waals surface area contributed by atoms with E-state index in [1.807, 2.05) is 0 Å². The van der Waals surface area contributed by atoms with E-state index in [1.165, 1.54) is 19.3 Å². The van der Waals surface area contributed by atoms with Crippen LogP contribution in [0.3, 0.4) is 0 Å². The number of rotatable bonds is 6. The molecule has 1 aromatic rings. The second kappa shape index (κ2) is 8.70. The Morgan fingerprint density at radius 3 is 2.68 bits per heavy atom. The van der Waals surface area contributed by atoms with Crippen LogP contribution in [0.1, 0.15) is 5.56 Å². The number of morpholine rings is 1. The number of carboxylic acid groups (broad SMARTS) is 1. The third-order valence-electron chi connectivity index (χ3n) is 3.56. The van der Waals surface area contributed by atoms with Crippen molar-refractivity contribution in [2.45, 2.75) is 0 Å². The van der Waals surface area contributed by atoms with Gasteiger partial charge in [0.05, 0.1) is 20.3 Å². The van der Waals surface area contributed by atoms with Crippen molar-refractivity contribution >= 4 is 18.0 Å². The average Bonchev–Trinajstić information content (AvgIpc) is 2.64. The molecule has 8 heteroatoms. The molecule has 1 aliphatic heterocycles. The van der Waals surface area contributed by atoms with Gasteiger partial charge >= 0.3 is 5.97 Å². The summed E-state index contributed by atoms with van der Waals surface area (Å²) in [7, 11) is 1.43. The van der Waals surface area contributed by atoms with Crippen LogP contribution in [0, 0.1) is 11.3 Å². The van der Waals surface area contributed by atoms with Crippen LogP contribution in [0.5, 0.6) is 11.5 Å². The molecule has 0 radical (unpaired) electrons. The van der Waals surface area contributed by atoms with Gasteiger partial charge in [-0.05, 0) is 23.8 Å². The predicted octanol–water partition coefficient (Wildman–Crippen LogP) is 0.924. The first-order chi connectivity index (χ1) is 12.0. The van der Waals surface area contributed by atoms with E-state index in [1.54, 1.807) is 23.1 Å². The zero-order valence-electron chi connectivity index (χ0n) is 13.7. The molecule has 1 aliphatic rings. The fourth-order valence-electron chi connectivity index (χ4n) is 2.25. The van der Waals surface area contributed by atoms with E-state index in [2.05, 4.69) is 0 Å². The van der Waals surface area contributed by atoms with E-state index in [-0.39, 0.29) is 12.5 Å². The minimum Gasteiger partial charge on any atom is -0.493 e. The second-order valence-corrected chi connectivity index (χ2v) is 5.17. The number of carbonyl (C=O) groups is 2. The van der Waals surface area contributed by atoms with Crippen molar-refractivity contribution < 1.29 is 28.9 Å². The van der Waals surface area contributed by atoms with Gasteiger partial charge in [0, 0.05) is 13.1 Å². The Bertz CT molecular complexity index is 716. The molecule has 25 heavy (non-hydrogen) atoms. The maximum Gasteiger partial charge on any atom is 0.346 e. The van der Waals surface area contributed by atoms with Crippen LogP contribution in [0.25, 0.3) is 6.08 Å². The fraction of sp³-hybridized carbons (Fsp3) is 0.353.